The molecule has 0 fully saturated rings. The van der Waals surface area contributed by atoms with E-state index in [-0.39, 0.29) is 18.2 Å². The number of ether oxygens (including phenoxy) is 1. The minimum absolute atomic E-state index is 0.149. The molecule has 0 saturated carbocycles. The molecule has 0 saturated heterocycles. The molecule has 0 aliphatic heterocycles. The van der Waals surface area contributed by atoms with Crippen LogP contribution in [0.4, 0.5) is 8.78 Å². The standard InChI is InChI=1S/C16H16F2O/c1-11(2)13-6-7-15(18)16(9-13)19-10-12-4-3-5-14(17)8-12/h3-9,11H,10H2,1-2H3. The van der Waals surface area contributed by atoms with E-state index >= 15 is 0 Å². The molecule has 0 aliphatic carbocycles. The summed E-state index contributed by atoms with van der Waals surface area (Å²) in [7, 11) is 0. The second kappa shape index (κ2) is 5.83. The molecule has 1 nitrogen and oxygen atoms in total. The summed E-state index contributed by atoms with van der Waals surface area (Å²) in [5.74, 6) is -0.217. The highest BCUT2D eigenvalue weighted by atomic mass is 19.1. The van der Waals surface area contributed by atoms with E-state index < -0.39 is 5.82 Å². The highest BCUT2D eigenvalue weighted by molar-refractivity contribution is 5.32. The van der Waals surface area contributed by atoms with Crippen molar-refractivity contribution < 1.29 is 13.5 Å². The minimum atomic E-state index is -0.402. The lowest BCUT2D eigenvalue weighted by Gasteiger charge is -2.11. The lowest BCUT2D eigenvalue weighted by atomic mass is 10.0. The number of benzene rings is 2. The molecule has 0 atom stereocenters. The predicted octanol–water partition coefficient (Wildman–Crippen LogP) is 4.67. The van der Waals surface area contributed by atoms with Gasteiger partial charge in [-0.1, -0.05) is 32.0 Å². The van der Waals surface area contributed by atoms with Gasteiger partial charge in [-0.2, -0.15) is 0 Å². The Morgan fingerprint density at radius 1 is 1.05 bits per heavy atom. The van der Waals surface area contributed by atoms with Gasteiger partial charge >= 0.3 is 0 Å². The van der Waals surface area contributed by atoms with E-state index in [0.29, 0.717) is 11.5 Å². The monoisotopic (exact) mass is 262 g/mol. The largest absolute Gasteiger partial charge is 0.486 e. The third kappa shape index (κ3) is 3.53. The fourth-order valence-electron chi connectivity index (χ4n) is 1.78. The Bertz CT molecular complexity index is 564. The van der Waals surface area contributed by atoms with Crippen LogP contribution >= 0.6 is 0 Å². The van der Waals surface area contributed by atoms with Crippen LogP contribution in [0.3, 0.4) is 0 Å². The summed E-state index contributed by atoms with van der Waals surface area (Å²) in [6, 6.07) is 10.9. The molecule has 2 rings (SSSR count). The quantitative estimate of drug-likeness (QED) is 0.778. The van der Waals surface area contributed by atoms with Crippen LogP contribution in [0.15, 0.2) is 42.5 Å². The van der Waals surface area contributed by atoms with Crippen LogP contribution in [0.25, 0.3) is 0 Å². The molecule has 19 heavy (non-hydrogen) atoms. The Balaban J connectivity index is 2.12. The smallest absolute Gasteiger partial charge is 0.165 e. The SMILES string of the molecule is CC(C)c1ccc(F)c(OCc2cccc(F)c2)c1. The second-order valence-electron chi connectivity index (χ2n) is 4.76. The van der Waals surface area contributed by atoms with Gasteiger partial charge in [0.1, 0.15) is 12.4 Å². The maximum Gasteiger partial charge on any atom is 0.165 e. The van der Waals surface area contributed by atoms with Gasteiger partial charge < -0.3 is 4.74 Å². The van der Waals surface area contributed by atoms with Gasteiger partial charge in [0, 0.05) is 0 Å². The van der Waals surface area contributed by atoms with E-state index in [0.717, 1.165) is 5.56 Å². The highest BCUT2D eigenvalue weighted by Gasteiger charge is 2.07. The Morgan fingerprint density at radius 3 is 2.53 bits per heavy atom. The molecule has 2 aromatic carbocycles. The van der Waals surface area contributed by atoms with Gasteiger partial charge in [-0.15, -0.1) is 0 Å². The van der Waals surface area contributed by atoms with Crippen molar-refractivity contribution in [3.05, 3.63) is 65.2 Å². The van der Waals surface area contributed by atoms with Gasteiger partial charge in [0.25, 0.3) is 0 Å². The average Bonchev–Trinajstić information content (AvgIpc) is 2.37. The van der Waals surface area contributed by atoms with Gasteiger partial charge in [0.05, 0.1) is 0 Å². The molecule has 2 aromatic rings. The highest BCUT2D eigenvalue weighted by Crippen LogP contribution is 2.24. The summed E-state index contributed by atoms with van der Waals surface area (Å²) in [6.45, 7) is 4.21. The number of hydrogen-bond donors (Lipinski definition) is 0. The van der Waals surface area contributed by atoms with E-state index in [9.17, 15) is 8.78 Å². The molecule has 0 aliphatic rings. The third-order valence-corrected chi connectivity index (χ3v) is 2.91. The maximum absolute atomic E-state index is 13.6. The molecule has 3 heteroatoms. The fourth-order valence-corrected chi connectivity index (χ4v) is 1.78. The molecule has 0 spiro atoms. The maximum atomic E-state index is 13.6. The molecule has 100 valence electrons. The summed E-state index contributed by atoms with van der Waals surface area (Å²) >= 11 is 0. The van der Waals surface area contributed by atoms with Crippen molar-refractivity contribution >= 4 is 0 Å². The van der Waals surface area contributed by atoms with Crippen LogP contribution in [-0.2, 0) is 6.61 Å². The first-order chi connectivity index (χ1) is 9.06. The van der Waals surface area contributed by atoms with Gasteiger partial charge in [0.15, 0.2) is 11.6 Å². The molecule has 0 heterocycles. The normalized spacial score (nSPS) is 10.8. The first-order valence-corrected chi connectivity index (χ1v) is 6.23. The third-order valence-electron chi connectivity index (χ3n) is 2.91. The van der Waals surface area contributed by atoms with E-state index in [1.807, 2.05) is 13.8 Å². The molecule has 0 N–H and O–H groups in total. The first kappa shape index (κ1) is 13.5. The summed E-state index contributed by atoms with van der Waals surface area (Å²) in [4.78, 5) is 0. The summed E-state index contributed by atoms with van der Waals surface area (Å²) in [5.41, 5.74) is 1.69. The van der Waals surface area contributed by atoms with Crippen molar-refractivity contribution in [3.8, 4) is 5.75 Å². The minimum Gasteiger partial charge on any atom is -0.486 e. The average molecular weight is 262 g/mol. The number of rotatable bonds is 4. The molecule has 0 unspecified atom stereocenters. The van der Waals surface area contributed by atoms with Gasteiger partial charge in [0.2, 0.25) is 0 Å². The second-order valence-corrected chi connectivity index (χ2v) is 4.76. The fraction of sp³-hybridized carbons (Fsp3) is 0.250. The van der Waals surface area contributed by atoms with Crippen LogP contribution in [0, 0.1) is 11.6 Å². The molecule has 0 amide bonds. The van der Waals surface area contributed by atoms with Crippen molar-refractivity contribution in [1.82, 2.24) is 0 Å². The summed E-state index contributed by atoms with van der Waals surface area (Å²) in [6.07, 6.45) is 0. The zero-order chi connectivity index (χ0) is 13.8. The van der Waals surface area contributed by atoms with Crippen LogP contribution < -0.4 is 4.74 Å². The van der Waals surface area contributed by atoms with Crippen LogP contribution in [0.5, 0.6) is 5.75 Å². The lowest BCUT2D eigenvalue weighted by molar-refractivity contribution is 0.289. The lowest BCUT2D eigenvalue weighted by Crippen LogP contribution is -1.99. The van der Waals surface area contributed by atoms with Crippen LogP contribution in [0.2, 0.25) is 0 Å². The zero-order valence-electron chi connectivity index (χ0n) is 11.0. The topological polar surface area (TPSA) is 9.23 Å². The first-order valence-electron chi connectivity index (χ1n) is 6.23. The van der Waals surface area contributed by atoms with Crippen LogP contribution in [0.1, 0.15) is 30.9 Å². The predicted molar refractivity (Wildman–Crippen MR) is 71.2 cm³/mol. The van der Waals surface area contributed by atoms with E-state index in [1.54, 1.807) is 24.3 Å². The molecule has 0 radical (unpaired) electrons. The Morgan fingerprint density at radius 2 is 1.84 bits per heavy atom. The Kier molecular flexibility index (Phi) is 4.15. The van der Waals surface area contributed by atoms with Crippen molar-refractivity contribution in [1.29, 1.82) is 0 Å². The molecular formula is C16H16F2O. The van der Waals surface area contributed by atoms with E-state index in [4.69, 9.17) is 4.74 Å². The zero-order valence-corrected chi connectivity index (χ0v) is 11.0. The van der Waals surface area contributed by atoms with Crippen molar-refractivity contribution in [3.63, 3.8) is 0 Å². The van der Waals surface area contributed by atoms with Gasteiger partial charge in [-0.25, -0.2) is 8.78 Å². The van der Waals surface area contributed by atoms with Crippen LogP contribution in [-0.4, -0.2) is 0 Å². The van der Waals surface area contributed by atoms with Crippen molar-refractivity contribution in [2.45, 2.75) is 26.4 Å². The summed E-state index contributed by atoms with van der Waals surface area (Å²) in [5, 5.41) is 0. The van der Waals surface area contributed by atoms with Crippen molar-refractivity contribution in [2.75, 3.05) is 0 Å². The van der Waals surface area contributed by atoms with E-state index in [2.05, 4.69) is 0 Å². The molecular weight excluding hydrogens is 246 g/mol. The van der Waals surface area contributed by atoms with Crippen molar-refractivity contribution in [2.24, 2.45) is 0 Å². The van der Waals surface area contributed by atoms with Gasteiger partial charge in [-0.05, 0) is 41.3 Å². The number of halogens is 2. The summed E-state index contributed by atoms with van der Waals surface area (Å²) < 4.78 is 32.1. The Hall–Kier alpha value is -1.90. The molecule has 0 bridgehead atoms. The van der Waals surface area contributed by atoms with Gasteiger partial charge in [-0.3, -0.25) is 0 Å². The Labute approximate surface area is 111 Å². The number of hydrogen-bond acceptors (Lipinski definition) is 1. The molecule has 0 aromatic heterocycles. The van der Waals surface area contributed by atoms with E-state index in [1.165, 1.54) is 18.2 Å².